The fraction of sp³-hybridized carbons (Fsp3) is 0.222. The van der Waals surface area contributed by atoms with E-state index in [4.69, 9.17) is 0 Å². The van der Waals surface area contributed by atoms with E-state index in [1.807, 2.05) is 31.2 Å². The summed E-state index contributed by atoms with van der Waals surface area (Å²) < 4.78 is 1.09. The maximum absolute atomic E-state index is 4.08. The van der Waals surface area contributed by atoms with Crippen LogP contribution in [0, 0.1) is 0 Å². The van der Waals surface area contributed by atoms with E-state index in [1.165, 1.54) is 0 Å². The third kappa shape index (κ3) is 2.34. The second-order valence-electron chi connectivity index (χ2n) is 2.43. The van der Waals surface area contributed by atoms with Crippen LogP contribution in [0.3, 0.4) is 0 Å². The molecule has 0 aliphatic carbocycles. The number of halogens is 1. The zero-order valence-corrected chi connectivity index (χ0v) is 8.72. The molecule has 0 saturated heterocycles. The number of rotatable bonds is 2. The van der Waals surface area contributed by atoms with Crippen LogP contribution < -0.4 is 5.43 Å². The van der Waals surface area contributed by atoms with Crippen LogP contribution in [-0.4, -0.2) is 12.8 Å². The molecule has 1 rings (SSSR count). The molecule has 1 N–H and O–H groups in total. The summed E-state index contributed by atoms with van der Waals surface area (Å²) in [6.45, 7) is 1.97. The molecule has 0 saturated carbocycles. The predicted molar refractivity (Wildman–Crippen MR) is 55.4 cm³/mol. The van der Waals surface area contributed by atoms with Gasteiger partial charge in [0.1, 0.15) is 0 Å². The second kappa shape index (κ2) is 4.26. The van der Waals surface area contributed by atoms with Gasteiger partial charge < -0.3 is 5.43 Å². The molecule has 1 aromatic carbocycles. The van der Waals surface area contributed by atoms with E-state index in [0.717, 1.165) is 15.7 Å². The predicted octanol–water partition coefficient (Wildman–Crippen LogP) is 2.39. The Balaban J connectivity index is 2.89. The molecule has 0 fully saturated rings. The number of hydrogen-bond donors (Lipinski definition) is 1. The van der Waals surface area contributed by atoms with Crippen molar-refractivity contribution >= 4 is 21.6 Å². The average molecular weight is 227 g/mol. The van der Waals surface area contributed by atoms with Gasteiger partial charge in [-0.15, -0.1) is 0 Å². The Morgan fingerprint density at radius 2 is 1.92 bits per heavy atom. The number of nitrogens with one attached hydrogen (secondary N) is 1. The van der Waals surface area contributed by atoms with Crippen LogP contribution in [0.5, 0.6) is 0 Å². The first-order valence-electron chi connectivity index (χ1n) is 3.71. The van der Waals surface area contributed by atoms with Crippen LogP contribution in [0.25, 0.3) is 0 Å². The molecular formula is C9H11BrN2. The summed E-state index contributed by atoms with van der Waals surface area (Å²) in [6.07, 6.45) is 0. The third-order valence-electron chi connectivity index (χ3n) is 1.54. The van der Waals surface area contributed by atoms with Gasteiger partial charge in [-0.3, -0.25) is 0 Å². The molecule has 0 amide bonds. The molecular weight excluding hydrogens is 216 g/mol. The molecule has 0 atom stereocenters. The van der Waals surface area contributed by atoms with Gasteiger partial charge in [-0.1, -0.05) is 28.1 Å². The number of nitrogens with zero attached hydrogens (tertiary/aromatic N) is 1. The Labute approximate surface area is 80.8 Å². The molecule has 1 aromatic rings. The van der Waals surface area contributed by atoms with Crippen molar-refractivity contribution in [3.05, 3.63) is 34.3 Å². The van der Waals surface area contributed by atoms with Crippen LogP contribution in [0.2, 0.25) is 0 Å². The molecule has 64 valence electrons. The van der Waals surface area contributed by atoms with Crippen LogP contribution in [-0.2, 0) is 0 Å². The summed E-state index contributed by atoms with van der Waals surface area (Å²) in [5, 5.41) is 4.08. The van der Waals surface area contributed by atoms with Gasteiger partial charge in [0, 0.05) is 11.5 Å². The molecule has 0 heterocycles. The summed E-state index contributed by atoms with van der Waals surface area (Å²) in [6, 6.07) is 8.06. The fourth-order valence-electron chi connectivity index (χ4n) is 0.923. The number of hydrazone groups is 1. The van der Waals surface area contributed by atoms with E-state index in [0.29, 0.717) is 0 Å². The van der Waals surface area contributed by atoms with Crippen molar-refractivity contribution in [2.75, 3.05) is 7.05 Å². The molecule has 0 spiro atoms. The lowest BCUT2D eigenvalue weighted by Crippen LogP contribution is -2.02. The summed E-state index contributed by atoms with van der Waals surface area (Å²) >= 11 is 3.38. The Morgan fingerprint density at radius 3 is 2.42 bits per heavy atom. The number of hydrogen-bond acceptors (Lipinski definition) is 2. The summed E-state index contributed by atoms with van der Waals surface area (Å²) in [7, 11) is 1.79. The van der Waals surface area contributed by atoms with Gasteiger partial charge in [0.2, 0.25) is 0 Å². The summed E-state index contributed by atoms with van der Waals surface area (Å²) in [5.74, 6) is 0. The second-order valence-corrected chi connectivity index (χ2v) is 3.34. The monoisotopic (exact) mass is 226 g/mol. The van der Waals surface area contributed by atoms with E-state index >= 15 is 0 Å². The molecule has 0 bridgehead atoms. The molecule has 0 unspecified atom stereocenters. The van der Waals surface area contributed by atoms with Crippen molar-refractivity contribution in [3.8, 4) is 0 Å². The average Bonchev–Trinajstić information content (AvgIpc) is 2.06. The van der Waals surface area contributed by atoms with Crippen molar-refractivity contribution in [2.24, 2.45) is 5.10 Å². The first-order chi connectivity index (χ1) is 5.74. The van der Waals surface area contributed by atoms with E-state index in [9.17, 15) is 0 Å². The maximum atomic E-state index is 4.08. The highest BCUT2D eigenvalue weighted by atomic mass is 79.9. The van der Waals surface area contributed by atoms with Crippen molar-refractivity contribution in [3.63, 3.8) is 0 Å². The normalized spacial score (nSPS) is 11.4. The molecule has 0 aromatic heterocycles. The molecule has 3 heteroatoms. The molecule has 0 radical (unpaired) electrons. The SMILES string of the molecule is CNN=C(C)c1ccc(Br)cc1. The lowest BCUT2D eigenvalue weighted by molar-refractivity contribution is 0.900. The molecule has 2 nitrogen and oxygen atoms in total. The largest absolute Gasteiger partial charge is 0.313 e. The van der Waals surface area contributed by atoms with Crippen molar-refractivity contribution in [2.45, 2.75) is 6.92 Å². The standard InChI is InChI=1S/C9H11BrN2/c1-7(12-11-2)8-3-5-9(10)6-4-8/h3-6,11H,1-2H3. The highest BCUT2D eigenvalue weighted by Crippen LogP contribution is 2.10. The lowest BCUT2D eigenvalue weighted by Gasteiger charge is -1.99. The van der Waals surface area contributed by atoms with Crippen LogP contribution in [0.4, 0.5) is 0 Å². The minimum atomic E-state index is 0.991. The van der Waals surface area contributed by atoms with Crippen molar-refractivity contribution in [1.82, 2.24) is 5.43 Å². The molecule has 0 aliphatic rings. The van der Waals surface area contributed by atoms with E-state index in [2.05, 4.69) is 26.5 Å². The van der Waals surface area contributed by atoms with Gasteiger partial charge in [-0.2, -0.15) is 5.10 Å². The van der Waals surface area contributed by atoms with Crippen LogP contribution in [0.15, 0.2) is 33.8 Å². The van der Waals surface area contributed by atoms with Gasteiger partial charge >= 0.3 is 0 Å². The van der Waals surface area contributed by atoms with Crippen molar-refractivity contribution in [1.29, 1.82) is 0 Å². The summed E-state index contributed by atoms with van der Waals surface area (Å²) in [4.78, 5) is 0. The molecule has 0 aliphatic heterocycles. The van der Waals surface area contributed by atoms with Gasteiger partial charge in [-0.05, 0) is 24.6 Å². The van der Waals surface area contributed by atoms with Crippen molar-refractivity contribution < 1.29 is 0 Å². The van der Waals surface area contributed by atoms with Gasteiger partial charge in [0.25, 0.3) is 0 Å². The fourth-order valence-corrected chi connectivity index (χ4v) is 1.19. The number of benzene rings is 1. The topological polar surface area (TPSA) is 24.4 Å². The quantitative estimate of drug-likeness (QED) is 0.608. The highest BCUT2D eigenvalue weighted by molar-refractivity contribution is 9.10. The highest BCUT2D eigenvalue weighted by Gasteiger charge is 1.95. The Bertz CT molecular complexity index is 277. The van der Waals surface area contributed by atoms with Gasteiger partial charge in [-0.25, -0.2) is 0 Å². The third-order valence-corrected chi connectivity index (χ3v) is 2.07. The Kier molecular flexibility index (Phi) is 3.29. The first kappa shape index (κ1) is 9.26. The zero-order chi connectivity index (χ0) is 8.97. The van der Waals surface area contributed by atoms with E-state index < -0.39 is 0 Å². The van der Waals surface area contributed by atoms with Gasteiger partial charge in [0.15, 0.2) is 0 Å². The lowest BCUT2D eigenvalue weighted by atomic mass is 10.1. The van der Waals surface area contributed by atoms with Gasteiger partial charge in [0.05, 0.1) is 5.71 Å². The smallest absolute Gasteiger partial charge is 0.0644 e. The zero-order valence-electron chi connectivity index (χ0n) is 7.13. The van der Waals surface area contributed by atoms with E-state index in [-0.39, 0.29) is 0 Å². The maximum Gasteiger partial charge on any atom is 0.0644 e. The van der Waals surface area contributed by atoms with Crippen LogP contribution in [0.1, 0.15) is 12.5 Å². The van der Waals surface area contributed by atoms with E-state index in [1.54, 1.807) is 7.05 Å². The van der Waals surface area contributed by atoms with Crippen LogP contribution >= 0.6 is 15.9 Å². The molecule has 12 heavy (non-hydrogen) atoms. The Hall–Kier alpha value is -0.830. The summed E-state index contributed by atoms with van der Waals surface area (Å²) in [5.41, 5.74) is 4.88. The minimum absolute atomic E-state index is 0.991. The Morgan fingerprint density at radius 1 is 1.33 bits per heavy atom. The first-order valence-corrected chi connectivity index (χ1v) is 4.50. The minimum Gasteiger partial charge on any atom is -0.313 e.